The van der Waals surface area contributed by atoms with Crippen LogP contribution in [0.4, 0.5) is 0 Å². The van der Waals surface area contributed by atoms with Gasteiger partial charge in [0.2, 0.25) is 0 Å². The predicted octanol–water partition coefficient (Wildman–Crippen LogP) is 2.81. The van der Waals surface area contributed by atoms with E-state index in [0.717, 1.165) is 44.5 Å². The molecule has 2 N–H and O–H groups in total. The van der Waals surface area contributed by atoms with Gasteiger partial charge in [0.15, 0.2) is 5.96 Å². The molecule has 1 fully saturated rings. The van der Waals surface area contributed by atoms with Gasteiger partial charge in [-0.15, -0.1) is 11.3 Å². The minimum absolute atomic E-state index is 0.746. The van der Waals surface area contributed by atoms with Crippen molar-refractivity contribution in [1.82, 2.24) is 20.5 Å². The van der Waals surface area contributed by atoms with Crippen LogP contribution in [0.3, 0.4) is 0 Å². The van der Waals surface area contributed by atoms with E-state index in [2.05, 4.69) is 41.3 Å². The molecule has 1 aliphatic rings. The van der Waals surface area contributed by atoms with Gasteiger partial charge in [0.1, 0.15) is 0 Å². The van der Waals surface area contributed by atoms with Crippen molar-refractivity contribution in [1.29, 1.82) is 0 Å². The molecule has 0 bridgehead atoms. The lowest BCUT2D eigenvalue weighted by Crippen LogP contribution is -2.39. The summed E-state index contributed by atoms with van der Waals surface area (Å²) in [6, 6.07) is 0.746. The second-order valence-corrected chi connectivity index (χ2v) is 7.86. The Morgan fingerprint density at radius 2 is 2.29 bits per heavy atom. The summed E-state index contributed by atoms with van der Waals surface area (Å²) in [7, 11) is 0. The normalized spacial score (nSPS) is 19.5. The number of thiazole rings is 1. The maximum Gasteiger partial charge on any atom is 0.191 e. The van der Waals surface area contributed by atoms with Gasteiger partial charge in [0.25, 0.3) is 0 Å². The van der Waals surface area contributed by atoms with Gasteiger partial charge >= 0.3 is 0 Å². The molecular weight excluding hydrogens is 318 g/mol. The van der Waals surface area contributed by atoms with Gasteiger partial charge in [-0.2, -0.15) is 0 Å². The summed E-state index contributed by atoms with van der Waals surface area (Å²) in [6.45, 7) is 11.6. The number of guanidine groups is 1. The molecule has 0 amide bonds. The molecule has 0 radical (unpaired) electrons. The Morgan fingerprint density at radius 3 is 3.00 bits per heavy atom. The lowest BCUT2D eigenvalue weighted by molar-refractivity contribution is 0.160. The quantitative estimate of drug-likeness (QED) is 0.430. The van der Waals surface area contributed by atoms with E-state index < -0.39 is 0 Å². The van der Waals surface area contributed by atoms with E-state index in [-0.39, 0.29) is 0 Å². The maximum atomic E-state index is 4.71. The highest BCUT2D eigenvalue weighted by molar-refractivity contribution is 7.11. The standard InChI is InChI=1S/C18H33N5S/c1-4-19-18(21-11-9-17-22-14-16(3)24-17)20-10-7-13-23-12-6-5-8-15(23)2/h14-15H,4-13H2,1-3H3,(H2,19,20,21). The topological polar surface area (TPSA) is 52.6 Å². The Bertz CT molecular complexity index is 499. The van der Waals surface area contributed by atoms with Gasteiger partial charge in [0, 0.05) is 49.7 Å². The van der Waals surface area contributed by atoms with Crippen LogP contribution in [0.15, 0.2) is 11.2 Å². The number of piperidine rings is 1. The summed E-state index contributed by atoms with van der Waals surface area (Å²) in [6.07, 6.45) is 8.13. The second kappa shape index (κ2) is 10.7. The fraction of sp³-hybridized carbons (Fsp3) is 0.778. The Hall–Kier alpha value is -1.14. The van der Waals surface area contributed by atoms with Gasteiger partial charge < -0.3 is 15.5 Å². The first-order valence-electron chi connectivity index (χ1n) is 9.36. The van der Waals surface area contributed by atoms with Crippen molar-refractivity contribution >= 4 is 17.3 Å². The number of nitrogens with zero attached hydrogens (tertiary/aromatic N) is 3. The molecule has 0 aliphatic carbocycles. The molecule has 2 heterocycles. The highest BCUT2D eigenvalue weighted by atomic mass is 32.1. The first kappa shape index (κ1) is 19.2. The van der Waals surface area contributed by atoms with E-state index in [1.165, 1.54) is 42.2 Å². The smallest absolute Gasteiger partial charge is 0.191 e. The molecule has 1 aliphatic heterocycles. The van der Waals surface area contributed by atoms with Crippen molar-refractivity contribution in [3.63, 3.8) is 0 Å². The summed E-state index contributed by atoms with van der Waals surface area (Å²) in [5.41, 5.74) is 0. The molecule has 6 heteroatoms. The minimum atomic E-state index is 0.746. The van der Waals surface area contributed by atoms with E-state index in [1.54, 1.807) is 11.3 Å². The number of nitrogens with one attached hydrogen (secondary N) is 2. The van der Waals surface area contributed by atoms with E-state index in [1.807, 2.05) is 6.20 Å². The maximum absolute atomic E-state index is 4.71. The molecule has 0 saturated carbocycles. The predicted molar refractivity (Wildman–Crippen MR) is 104 cm³/mol. The molecule has 1 aromatic rings. The molecule has 136 valence electrons. The zero-order valence-corrected chi connectivity index (χ0v) is 16.3. The van der Waals surface area contributed by atoms with Crippen LogP contribution < -0.4 is 10.6 Å². The SMILES string of the molecule is CCNC(=NCCCN1CCCCC1C)NCCc1ncc(C)s1. The van der Waals surface area contributed by atoms with E-state index in [9.17, 15) is 0 Å². The van der Waals surface area contributed by atoms with Gasteiger partial charge in [-0.05, 0) is 46.6 Å². The van der Waals surface area contributed by atoms with Gasteiger partial charge in [-0.25, -0.2) is 4.98 Å². The zero-order chi connectivity index (χ0) is 17.2. The molecule has 0 spiro atoms. The van der Waals surface area contributed by atoms with Crippen LogP contribution >= 0.6 is 11.3 Å². The fourth-order valence-electron chi connectivity index (χ4n) is 3.10. The van der Waals surface area contributed by atoms with Crippen LogP contribution in [-0.4, -0.2) is 54.6 Å². The fourth-order valence-corrected chi connectivity index (χ4v) is 3.89. The highest BCUT2D eigenvalue weighted by Crippen LogP contribution is 2.16. The molecule has 2 rings (SSSR count). The summed E-state index contributed by atoms with van der Waals surface area (Å²) >= 11 is 1.77. The van der Waals surface area contributed by atoms with E-state index in [0.29, 0.717) is 0 Å². The van der Waals surface area contributed by atoms with Crippen LogP contribution in [0.25, 0.3) is 0 Å². The number of hydrogen-bond donors (Lipinski definition) is 2. The Labute approximate surface area is 151 Å². The lowest BCUT2D eigenvalue weighted by atomic mass is 10.0. The van der Waals surface area contributed by atoms with Gasteiger partial charge in [-0.1, -0.05) is 6.42 Å². The summed E-state index contributed by atoms with van der Waals surface area (Å²) in [5, 5.41) is 7.94. The van der Waals surface area contributed by atoms with Gasteiger partial charge in [-0.3, -0.25) is 4.99 Å². The third-order valence-corrected chi connectivity index (χ3v) is 5.43. The Kier molecular flexibility index (Phi) is 8.53. The van der Waals surface area contributed by atoms with Crippen molar-refractivity contribution in [3.05, 3.63) is 16.1 Å². The van der Waals surface area contributed by atoms with Crippen LogP contribution in [-0.2, 0) is 6.42 Å². The van der Waals surface area contributed by atoms with Crippen molar-refractivity contribution < 1.29 is 0 Å². The average molecular weight is 352 g/mol. The van der Waals surface area contributed by atoms with E-state index >= 15 is 0 Å². The first-order valence-corrected chi connectivity index (χ1v) is 10.2. The molecule has 1 unspecified atom stereocenters. The Morgan fingerprint density at radius 1 is 1.42 bits per heavy atom. The average Bonchev–Trinajstić information content (AvgIpc) is 2.98. The van der Waals surface area contributed by atoms with Crippen LogP contribution in [0.1, 0.15) is 49.4 Å². The summed E-state index contributed by atoms with van der Waals surface area (Å²) in [5.74, 6) is 0.928. The number of rotatable bonds is 8. The largest absolute Gasteiger partial charge is 0.357 e. The highest BCUT2D eigenvalue weighted by Gasteiger charge is 2.16. The third-order valence-electron chi connectivity index (χ3n) is 4.46. The third kappa shape index (κ3) is 6.77. The van der Waals surface area contributed by atoms with Crippen LogP contribution in [0, 0.1) is 6.92 Å². The summed E-state index contributed by atoms with van der Waals surface area (Å²) in [4.78, 5) is 13.0. The molecule has 5 nitrogen and oxygen atoms in total. The second-order valence-electron chi connectivity index (χ2n) is 6.54. The number of aryl methyl sites for hydroxylation is 1. The lowest BCUT2D eigenvalue weighted by Gasteiger charge is -2.33. The van der Waals surface area contributed by atoms with E-state index in [4.69, 9.17) is 4.99 Å². The zero-order valence-electron chi connectivity index (χ0n) is 15.5. The van der Waals surface area contributed by atoms with Crippen LogP contribution in [0.2, 0.25) is 0 Å². The molecule has 1 aromatic heterocycles. The van der Waals surface area contributed by atoms with Crippen molar-refractivity contribution in [3.8, 4) is 0 Å². The number of likely N-dealkylation sites (tertiary alicyclic amines) is 1. The number of hydrogen-bond acceptors (Lipinski definition) is 4. The molecule has 1 atom stereocenters. The number of aromatic nitrogens is 1. The summed E-state index contributed by atoms with van der Waals surface area (Å²) < 4.78 is 0. The first-order chi connectivity index (χ1) is 11.7. The van der Waals surface area contributed by atoms with Gasteiger partial charge in [0.05, 0.1) is 5.01 Å². The Balaban J connectivity index is 1.67. The molecule has 0 aromatic carbocycles. The molecule has 1 saturated heterocycles. The minimum Gasteiger partial charge on any atom is -0.357 e. The van der Waals surface area contributed by atoms with Crippen molar-refractivity contribution in [2.45, 2.75) is 58.9 Å². The monoisotopic (exact) mass is 351 g/mol. The molecule has 24 heavy (non-hydrogen) atoms. The van der Waals surface area contributed by atoms with Crippen LogP contribution in [0.5, 0.6) is 0 Å². The van der Waals surface area contributed by atoms with Crippen molar-refractivity contribution in [2.75, 3.05) is 32.7 Å². The van der Waals surface area contributed by atoms with Crippen molar-refractivity contribution in [2.24, 2.45) is 4.99 Å². The molecular formula is C18H33N5S. The number of aliphatic imine (C=N–C) groups is 1.